The van der Waals surface area contributed by atoms with Gasteiger partial charge in [0.2, 0.25) is 12.7 Å². The highest BCUT2D eigenvalue weighted by atomic mass is 35.5. The van der Waals surface area contributed by atoms with Crippen molar-refractivity contribution in [2.45, 2.75) is 12.7 Å². The molecule has 2 aromatic carbocycles. The average Bonchev–Trinajstić information content (AvgIpc) is 3.33. The Morgan fingerprint density at radius 3 is 2.32 bits per heavy atom. The van der Waals surface area contributed by atoms with Crippen LogP contribution in [0, 0.1) is 0 Å². The number of rotatable bonds is 6. The van der Waals surface area contributed by atoms with Gasteiger partial charge in [-0.25, -0.2) is 0 Å². The minimum atomic E-state index is -4.49. The van der Waals surface area contributed by atoms with Gasteiger partial charge in [-0.2, -0.15) is 13.2 Å². The number of alkyl halides is 3. The zero-order chi connectivity index (χ0) is 25.1. The molecule has 3 aliphatic heterocycles. The number of carbonyl (C=O) groups excluding carboxylic acids is 1. The largest absolute Gasteiger partial charge is 1.00 e. The van der Waals surface area contributed by atoms with Gasteiger partial charge in [0.05, 0.1) is 36.7 Å². The Labute approximate surface area is 219 Å². The highest BCUT2D eigenvalue weighted by Crippen LogP contribution is 2.36. The van der Waals surface area contributed by atoms with Crippen LogP contribution in [0.3, 0.4) is 0 Å². The van der Waals surface area contributed by atoms with Crippen molar-refractivity contribution in [3.05, 3.63) is 47.5 Å². The van der Waals surface area contributed by atoms with Gasteiger partial charge < -0.3 is 36.8 Å². The molecule has 2 fully saturated rings. The summed E-state index contributed by atoms with van der Waals surface area (Å²) in [5, 5.41) is 2.74. The van der Waals surface area contributed by atoms with E-state index in [1.807, 2.05) is 28.0 Å². The Bertz CT molecular complexity index is 1090. The lowest BCUT2D eigenvalue weighted by atomic mass is 10.1. The number of carbonyl (C=O) groups is 1. The van der Waals surface area contributed by atoms with Crippen LogP contribution in [0.1, 0.15) is 11.1 Å². The number of benzene rings is 2. The quantitative estimate of drug-likeness (QED) is 0.554. The first kappa shape index (κ1) is 27.3. The van der Waals surface area contributed by atoms with Gasteiger partial charge in [0.15, 0.2) is 11.5 Å². The van der Waals surface area contributed by atoms with Crippen LogP contribution in [-0.2, 0) is 22.3 Å². The molecule has 0 bridgehead atoms. The highest BCUT2D eigenvalue weighted by molar-refractivity contribution is 5.95. The topological polar surface area (TPSA) is 66.5 Å². The molecule has 3 aliphatic rings. The molecule has 12 heteroatoms. The molecule has 1 N–H and O–H groups in total. The lowest BCUT2D eigenvalue weighted by Crippen LogP contribution is -3.00. The fourth-order valence-electron chi connectivity index (χ4n) is 4.69. The van der Waals surface area contributed by atoms with E-state index in [1.165, 1.54) is 6.07 Å². The second kappa shape index (κ2) is 11.8. The summed E-state index contributed by atoms with van der Waals surface area (Å²) in [5.74, 6) is 1.19. The molecule has 202 valence electrons. The van der Waals surface area contributed by atoms with Crippen molar-refractivity contribution < 1.29 is 44.6 Å². The molecule has 2 aromatic rings. The monoisotopic (exact) mass is 541 g/mol. The van der Waals surface area contributed by atoms with Gasteiger partial charge in [0.25, 0.3) is 0 Å². The number of nitrogens with one attached hydrogen (secondary N) is 1. The molecule has 0 unspecified atom stereocenters. The molecule has 0 spiro atoms. The number of anilines is 2. The zero-order valence-corrected chi connectivity index (χ0v) is 21.0. The number of halogens is 4. The minimum Gasteiger partial charge on any atom is -1.00 e. The maximum absolute atomic E-state index is 13.3. The number of amides is 1. The van der Waals surface area contributed by atoms with Gasteiger partial charge >= 0.3 is 6.18 Å². The van der Waals surface area contributed by atoms with E-state index in [4.69, 9.17) is 14.2 Å². The fraction of sp³-hybridized carbons (Fsp3) is 0.480. The number of hydrogen-bond acceptors (Lipinski definition) is 7. The zero-order valence-electron chi connectivity index (χ0n) is 20.2. The second-order valence-corrected chi connectivity index (χ2v) is 9.12. The molecule has 37 heavy (non-hydrogen) atoms. The van der Waals surface area contributed by atoms with Gasteiger partial charge in [-0.15, -0.1) is 0 Å². The predicted molar refractivity (Wildman–Crippen MR) is 127 cm³/mol. The van der Waals surface area contributed by atoms with E-state index in [2.05, 4.69) is 10.2 Å². The Morgan fingerprint density at radius 1 is 0.892 bits per heavy atom. The number of nitrogens with zero attached hydrogens (tertiary/aromatic N) is 3. The molecular weight excluding hydrogens is 513 g/mol. The molecule has 0 saturated carbocycles. The van der Waals surface area contributed by atoms with Gasteiger partial charge in [-0.1, -0.05) is 6.07 Å². The molecule has 0 aliphatic carbocycles. The maximum atomic E-state index is 13.3. The van der Waals surface area contributed by atoms with Crippen LogP contribution in [-0.4, -0.2) is 81.5 Å². The van der Waals surface area contributed by atoms with Crippen LogP contribution in [0.25, 0.3) is 0 Å². The van der Waals surface area contributed by atoms with E-state index >= 15 is 0 Å². The maximum Gasteiger partial charge on any atom is 0.416 e. The lowest BCUT2D eigenvalue weighted by Gasteiger charge is -2.34. The molecule has 2 saturated heterocycles. The number of morpholine rings is 1. The third-order valence-electron chi connectivity index (χ3n) is 6.63. The third kappa shape index (κ3) is 6.78. The summed E-state index contributed by atoms with van der Waals surface area (Å²) in [6, 6.07) is 9.43. The third-order valence-corrected chi connectivity index (χ3v) is 6.63. The van der Waals surface area contributed by atoms with Crippen molar-refractivity contribution in [3.63, 3.8) is 0 Å². The molecule has 0 atom stereocenters. The van der Waals surface area contributed by atoms with Crippen LogP contribution in [0.2, 0.25) is 0 Å². The van der Waals surface area contributed by atoms with Crippen LogP contribution in [0.4, 0.5) is 24.5 Å². The van der Waals surface area contributed by atoms with Gasteiger partial charge in [-0.05, 0) is 35.9 Å². The SMILES string of the molecule is O=C(CN1CCN(Cc2ccc3c(c2)OCO3)CC1)Nc1cc(C(F)(F)F)ccc1N1CCOCC1.[Cl-]. The summed E-state index contributed by atoms with van der Waals surface area (Å²) in [5.41, 5.74) is 1.10. The first-order valence-electron chi connectivity index (χ1n) is 12.0. The first-order chi connectivity index (χ1) is 17.3. The number of piperazine rings is 1. The van der Waals surface area contributed by atoms with Crippen LogP contribution in [0.5, 0.6) is 11.5 Å². The van der Waals surface area contributed by atoms with Crippen molar-refractivity contribution in [2.24, 2.45) is 0 Å². The van der Waals surface area contributed by atoms with Crippen LogP contribution >= 0.6 is 0 Å². The Morgan fingerprint density at radius 2 is 1.59 bits per heavy atom. The van der Waals surface area contributed by atoms with Crippen molar-refractivity contribution in [3.8, 4) is 11.5 Å². The Kier molecular flexibility index (Phi) is 8.68. The summed E-state index contributed by atoms with van der Waals surface area (Å²) >= 11 is 0. The van der Waals surface area contributed by atoms with Crippen molar-refractivity contribution >= 4 is 17.3 Å². The molecule has 8 nitrogen and oxygen atoms in total. The fourth-order valence-corrected chi connectivity index (χ4v) is 4.69. The van der Waals surface area contributed by atoms with Gasteiger partial charge in [0.1, 0.15) is 0 Å². The second-order valence-electron chi connectivity index (χ2n) is 9.12. The van der Waals surface area contributed by atoms with E-state index in [0.29, 0.717) is 45.1 Å². The number of ether oxygens (including phenoxy) is 3. The summed E-state index contributed by atoms with van der Waals surface area (Å²) in [7, 11) is 0. The Balaban J connectivity index is 0.00000320. The van der Waals surface area contributed by atoms with E-state index in [1.54, 1.807) is 0 Å². The van der Waals surface area contributed by atoms with Gasteiger partial charge in [-0.3, -0.25) is 14.6 Å². The summed E-state index contributed by atoms with van der Waals surface area (Å²) in [4.78, 5) is 19.1. The van der Waals surface area contributed by atoms with Crippen LogP contribution < -0.4 is 32.1 Å². The lowest BCUT2D eigenvalue weighted by molar-refractivity contribution is -0.137. The van der Waals surface area contributed by atoms with Crippen molar-refractivity contribution in [1.29, 1.82) is 0 Å². The summed E-state index contributed by atoms with van der Waals surface area (Å²) in [6.45, 7) is 6.17. The molecule has 3 heterocycles. The van der Waals surface area contributed by atoms with E-state index in [9.17, 15) is 18.0 Å². The highest BCUT2D eigenvalue weighted by Gasteiger charge is 2.32. The number of hydrogen-bond donors (Lipinski definition) is 1. The molecule has 5 rings (SSSR count). The van der Waals surface area contributed by atoms with Crippen LogP contribution in [0.15, 0.2) is 36.4 Å². The predicted octanol–water partition coefficient (Wildman–Crippen LogP) is 0.0310. The van der Waals surface area contributed by atoms with Crippen molar-refractivity contribution in [2.75, 3.05) is 76.0 Å². The molecule has 1 amide bonds. The average molecular weight is 542 g/mol. The molecule has 0 aromatic heterocycles. The Hall–Kier alpha value is -2.73. The van der Waals surface area contributed by atoms with E-state index < -0.39 is 11.7 Å². The van der Waals surface area contributed by atoms with Gasteiger partial charge in [0, 0.05) is 45.8 Å². The standard InChI is InChI=1S/C25H29F3N4O4.ClH/c26-25(27,28)19-2-3-21(32-9-11-34-12-10-32)20(14-19)29-24(33)16-31-7-5-30(6-8-31)15-18-1-4-22-23(13-18)36-17-35-22;/h1-4,13-14H,5-12,15-17H2,(H,29,33);1H/p-1. The smallest absolute Gasteiger partial charge is 0.416 e. The summed E-state index contributed by atoms with van der Waals surface area (Å²) < 4.78 is 56.2. The number of fused-ring (bicyclic) bond motifs is 1. The van der Waals surface area contributed by atoms with E-state index in [-0.39, 0.29) is 37.3 Å². The minimum absolute atomic E-state index is 0. The van der Waals surface area contributed by atoms with Crippen molar-refractivity contribution in [1.82, 2.24) is 9.80 Å². The first-order valence-corrected chi connectivity index (χ1v) is 12.0. The normalized spacial score (nSPS) is 18.4. The molecule has 0 radical (unpaired) electrons. The van der Waals surface area contributed by atoms with E-state index in [0.717, 1.165) is 48.8 Å². The molecular formula is C25H29ClF3N4O4-. The summed E-state index contributed by atoms with van der Waals surface area (Å²) in [6.07, 6.45) is -4.49.